The predicted octanol–water partition coefficient (Wildman–Crippen LogP) is 1.76. The molecular formula is C12H22N2. The van der Waals surface area contributed by atoms with Crippen molar-refractivity contribution >= 4 is 0 Å². The lowest BCUT2D eigenvalue weighted by atomic mass is 10.0. The van der Waals surface area contributed by atoms with Crippen LogP contribution >= 0.6 is 0 Å². The molecule has 2 aliphatic carbocycles. The first-order valence-electron chi connectivity index (χ1n) is 6.42. The van der Waals surface area contributed by atoms with E-state index in [0.29, 0.717) is 0 Å². The van der Waals surface area contributed by atoms with Crippen LogP contribution in [0.1, 0.15) is 44.9 Å². The average molecular weight is 194 g/mol. The lowest BCUT2D eigenvalue weighted by Gasteiger charge is -2.30. The van der Waals surface area contributed by atoms with Crippen molar-refractivity contribution in [2.75, 3.05) is 13.1 Å². The Kier molecular flexibility index (Phi) is 2.50. The first-order chi connectivity index (χ1) is 6.93. The molecule has 3 rings (SSSR count). The molecule has 1 unspecified atom stereocenters. The largest absolute Gasteiger partial charge is 0.313 e. The van der Waals surface area contributed by atoms with Crippen LogP contribution in [-0.4, -0.2) is 36.1 Å². The van der Waals surface area contributed by atoms with Gasteiger partial charge in [0.25, 0.3) is 0 Å². The molecule has 1 N–H and O–H groups in total. The molecule has 2 nitrogen and oxygen atoms in total. The van der Waals surface area contributed by atoms with Crippen molar-refractivity contribution in [2.24, 2.45) is 0 Å². The van der Waals surface area contributed by atoms with Gasteiger partial charge >= 0.3 is 0 Å². The van der Waals surface area contributed by atoms with Gasteiger partial charge in [0.1, 0.15) is 0 Å². The SMILES string of the molecule is C1CCC(CN(C2CC2)C2CC2)NC1. The topological polar surface area (TPSA) is 15.3 Å². The smallest absolute Gasteiger partial charge is 0.0195 e. The lowest BCUT2D eigenvalue weighted by molar-refractivity contribution is 0.207. The molecule has 0 spiro atoms. The van der Waals surface area contributed by atoms with E-state index in [-0.39, 0.29) is 0 Å². The minimum absolute atomic E-state index is 0.810. The number of nitrogens with zero attached hydrogens (tertiary/aromatic N) is 1. The molecular weight excluding hydrogens is 172 g/mol. The zero-order valence-electron chi connectivity index (χ0n) is 9.04. The molecule has 2 heteroatoms. The van der Waals surface area contributed by atoms with E-state index in [2.05, 4.69) is 10.2 Å². The summed E-state index contributed by atoms with van der Waals surface area (Å²) in [7, 11) is 0. The second-order valence-corrected chi connectivity index (χ2v) is 5.31. The Morgan fingerprint density at radius 2 is 1.64 bits per heavy atom. The molecule has 80 valence electrons. The Bertz CT molecular complexity index is 178. The molecule has 0 amide bonds. The van der Waals surface area contributed by atoms with E-state index in [9.17, 15) is 0 Å². The van der Waals surface area contributed by atoms with E-state index in [1.54, 1.807) is 0 Å². The van der Waals surface area contributed by atoms with E-state index in [1.165, 1.54) is 58.0 Å². The fourth-order valence-corrected chi connectivity index (χ4v) is 2.74. The fraction of sp³-hybridized carbons (Fsp3) is 1.00. The van der Waals surface area contributed by atoms with Crippen LogP contribution in [0.25, 0.3) is 0 Å². The van der Waals surface area contributed by atoms with Gasteiger partial charge in [0.05, 0.1) is 0 Å². The Labute approximate surface area is 87.0 Å². The van der Waals surface area contributed by atoms with Gasteiger partial charge in [-0.3, -0.25) is 4.90 Å². The molecule has 1 atom stereocenters. The van der Waals surface area contributed by atoms with Gasteiger partial charge in [-0.2, -0.15) is 0 Å². The molecule has 2 saturated carbocycles. The molecule has 0 bridgehead atoms. The molecule has 1 aliphatic heterocycles. The predicted molar refractivity (Wildman–Crippen MR) is 58.4 cm³/mol. The van der Waals surface area contributed by atoms with Gasteiger partial charge in [0, 0.05) is 24.7 Å². The summed E-state index contributed by atoms with van der Waals surface area (Å²) in [5.74, 6) is 0. The van der Waals surface area contributed by atoms with Crippen LogP contribution in [0.15, 0.2) is 0 Å². The van der Waals surface area contributed by atoms with Crippen LogP contribution in [0.4, 0.5) is 0 Å². The van der Waals surface area contributed by atoms with Gasteiger partial charge in [-0.15, -0.1) is 0 Å². The third-order valence-electron chi connectivity index (χ3n) is 3.88. The molecule has 3 aliphatic rings. The molecule has 0 aromatic carbocycles. The first-order valence-corrected chi connectivity index (χ1v) is 6.42. The maximum absolute atomic E-state index is 3.67. The van der Waals surface area contributed by atoms with Crippen molar-refractivity contribution in [3.63, 3.8) is 0 Å². The van der Waals surface area contributed by atoms with Crippen molar-refractivity contribution in [3.05, 3.63) is 0 Å². The molecule has 1 heterocycles. The first kappa shape index (κ1) is 9.17. The summed E-state index contributed by atoms with van der Waals surface area (Å²) in [6.45, 7) is 2.60. The standard InChI is InChI=1S/C12H22N2/c1-2-8-13-10(3-1)9-14(11-4-5-11)12-6-7-12/h10-13H,1-9H2. The van der Waals surface area contributed by atoms with Crippen molar-refractivity contribution in [3.8, 4) is 0 Å². The van der Waals surface area contributed by atoms with Crippen molar-refractivity contribution in [1.82, 2.24) is 10.2 Å². The van der Waals surface area contributed by atoms with Crippen LogP contribution in [0, 0.1) is 0 Å². The second kappa shape index (κ2) is 3.82. The summed E-state index contributed by atoms with van der Waals surface area (Å²) < 4.78 is 0. The van der Waals surface area contributed by atoms with Gasteiger partial charge in [-0.05, 0) is 45.1 Å². The minimum Gasteiger partial charge on any atom is -0.313 e. The zero-order valence-corrected chi connectivity index (χ0v) is 9.04. The van der Waals surface area contributed by atoms with Crippen molar-refractivity contribution in [1.29, 1.82) is 0 Å². The Morgan fingerprint density at radius 1 is 0.929 bits per heavy atom. The van der Waals surface area contributed by atoms with E-state index in [1.807, 2.05) is 0 Å². The summed E-state index contributed by atoms with van der Waals surface area (Å²) >= 11 is 0. The van der Waals surface area contributed by atoms with Crippen LogP contribution in [0.5, 0.6) is 0 Å². The van der Waals surface area contributed by atoms with Gasteiger partial charge in [0.2, 0.25) is 0 Å². The molecule has 1 saturated heterocycles. The van der Waals surface area contributed by atoms with Crippen molar-refractivity contribution in [2.45, 2.75) is 63.1 Å². The number of hydrogen-bond donors (Lipinski definition) is 1. The highest BCUT2D eigenvalue weighted by atomic mass is 15.2. The average Bonchev–Trinajstić information content (AvgIpc) is 3.08. The van der Waals surface area contributed by atoms with Crippen LogP contribution < -0.4 is 5.32 Å². The summed E-state index contributed by atoms with van der Waals surface area (Å²) in [5, 5.41) is 3.67. The molecule has 0 aromatic heterocycles. The summed E-state index contributed by atoms with van der Waals surface area (Å²) in [4.78, 5) is 2.81. The minimum atomic E-state index is 0.810. The Hall–Kier alpha value is -0.0800. The maximum atomic E-state index is 3.67. The third-order valence-corrected chi connectivity index (χ3v) is 3.88. The van der Waals surface area contributed by atoms with Crippen LogP contribution in [-0.2, 0) is 0 Å². The molecule has 0 radical (unpaired) electrons. The molecule has 14 heavy (non-hydrogen) atoms. The van der Waals surface area contributed by atoms with E-state index < -0.39 is 0 Å². The highest BCUT2D eigenvalue weighted by Gasteiger charge is 2.39. The molecule has 0 aromatic rings. The highest BCUT2D eigenvalue weighted by Crippen LogP contribution is 2.37. The summed E-state index contributed by atoms with van der Waals surface area (Å²) in [5.41, 5.74) is 0. The quantitative estimate of drug-likeness (QED) is 0.733. The number of piperidine rings is 1. The van der Waals surface area contributed by atoms with E-state index in [4.69, 9.17) is 0 Å². The number of hydrogen-bond acceptors (Lipinski definition) is 2. The monoisotopic (exact) mass is 194 g/mol. The van der Waals surface area contributed by atoms with Gasteiger partial charge in [-0.1, -0.05) is 6.42 Å². The van der Waals surface area contributed by atoms with Crippen LogP contribution in [0.2, 0.25) is 0 Å². The highest BCUT2D eigenvalue weighted by molar-refractivity contribution is 4.96. The lowest BCUT2D eigenvalue weighted by Crippen LogP contribution is -2.45. The van der Waals surface area contributed by atoms with E-state index in [0.717, 1.165) is 18.1 Å². The van der Waals surface area contributed by atoms with Crippen molar-refractivity contribution < 1.29 is 0 Å². The number of rotatable bonds is 4. The van der Waals surface area contributed by atoms with Gasteiger partial charge < -0.3 is 5.32 Å². The van der Waals surface area contributed by atoms with Gasteiger partial charge in [0.15, 0.2) is 0 Å². The Balaban J connectivity index is 1.52. The third kappa shape index (κ3) is 2.12. The number of nitrogens with one attached hydrogen (secondary N) is 1. The van der Waals surface area contributed by atoms with Gasteiger partial charge in [-0.25, -0.2) is 0 Å². The van der Waals surface area contributed by atoms with E-state index >= 15 is 0 Å². The Morgan fingerprint density at radius 3 is 2.14 bits per heavy atom. The van der Waals surface area contributed by atoms with Crippen LogP contribution in [0.3, 0.4) is 0 Å². The molecule has 3 fully saturated rings. The fourth-order valence-electron chi connectivity index (χ4n) is 2.74. The summed E-state index contributed by atoms with van der Waals surface area (Å²) in [6.07, 6.45) is 10.2. The summed E-state index contributed by atoms with van der Waals surface area (Å²) in [6, 6.07) is 2.77. The second-order valence-electron chi connectivity index (χ2n) is 5.31. The zero-order chi connectivity index (χ0) is 9.38. The maximum Gasteiger partial charge on any atom is 0.0195 e. The normalized spacial score (nSPS) is 33.6.